The van der Waals surface area contributed by atoms with Gasteiger partial charge < -0.3 is 21.1 Å². The van der Waals surface area contributed by atoms with Gasteiger partial charge >= 0.3 is 12.0 Å². The molecule has 1 saturated carbocycles. The molecule has 4 N–H and O–H groups in total. The molecule has 0 unspecified atom stereocenters. The molecule has 3 amide bonds. The molecule has 39 heavy (non-hydrogen) atoms. The van der Waals surface area contributed by atoms with Crippen molar-refractivity contribution in [3.05, 3.63) is 82.7 Å². The van der Waals surface area contributed by atoms with Crippen LogP contribution in [-0.4, -0.2) is 29.1 Å². The number of amides is 3. The lowest BCUT2D eigenvalue weighted by atomic mass is 9.83. The summed E-state index contributed by atoms with van der Waals surface area (Å²) in [5.74, 6) is -2.18. The zero-order valence-corrected chi connectivity index (χ0v) is 22.4. The highest BCUT2D eigenvalue weighted by atomic mass is 19.1. The number of halogens is 1. The Labute approximate surface area is 227 Å². The Morgan fingerprint density at radius 1 is 0.846 bits per heavy atom. The van der Waals surface area contributed by atoms with Gasteiger partial charge in [-0.05, 0) is 86.1 Å². The van der Waals surface area contributed by atoms with Crippen molar-refractivity contribution in [3.8, 4) is 11.1 Å². The Morgan fingerprint density at radius 3 is 2.08 bits per heavy atom. The van der Waals surface area contributed by atoms with Crippen molar-refractivity contribution in [3.63, 3.8) is 0 Å². The molecule has 3 aromatic carbocycles. The van der Waals surface area contributed by atoms with Gasteiger partial charge in [0, 0.05) is 5.69 Å². The maximum absolute atomic E-state index is 13.5. The predicted molar refractivity (Wildman–Crippen MR) is 151 cm³/mol. The maximum Gasteiger partial charge on any atom is 0.326 e. The topological polar surface area (TPSA) is 108 Å². The first-order chi connectivity index (χ1) is 18.6. The third-order valence-corrected chi connectivity index (χ3v) is 7.28. The zero-order valence-electron chi connectivity index (χ0n) is 22.4. The predicted octanol–water partition coefficient (Wildman–Crippen LogP) is 6.83. The van der Waals surface area contributed by atoms with E-state index >= 15 is 0 Å². The molecule has 0 aliphatic heterocycles. The van der Waals surface area contributed by atoms with E-state index in [1.165, 1.54) is 12.1 Å². The van der Waals surface area contributed by atoms with E-state index in [0.29, 0.717) is 16.8 Å². The highest BCUT2D eigenvalue weighted by Gasteiger charge is 2.31. The van der Waals surface area contributed by atoms with Crippen LogP contribution < -0.4 is 16.0 Å². The fraction of sp³-hybridized carbons (Fsp3) is 0.323. The summed E-state index contributed by atoms with van der Waals surface area (Å²) >= 11 is 0. The Kier molecular flexibility index (Phi) is 8.64. The number of carboxylic acids is 1. The van der Waals surface area contributed by atoms with E-state index in [-0.39, 0.29) is 23.0 Å². The molecular formula is C31H34FN3O4. The molecule has 0 aromatic heterocycles. The van der Waals surface area contributed by atoms with E-state index < -0.39 is 23.9 Å². The van der Waals surface area contributed by atoms with Gasteiger partial charge in [-0.25, -0.2) is 14.0 Å². The standard InChI is InChI=1S/C31H34FN3O4/c1-18-15-19(2)27(20(3)16-18)35-31(39)33-26-17-23(21-9-12-24(32)13-10-21)11-14-25(26)29(36)34-28(30(37)38)22-7-5-4-6-8-22/h9-17,22,28H,4-8H2,1-3H3,(H,34,36)(H,37,38)(H2,33,35,39)/t28-/m0/s1. The van der Waals surface area contributed by atoms with Crippen molar-refractivity contribution >= 4 is 29.3 Å². The normalized spacial score (nSPS) is 14.4. The van der Waals surface area contributed by atoms with Gasteiger partial charge in [-0.3, -0.25) is 4.79 Å². The number of carbonyl (C=O) groups is 3. The van der Waals surface area contributed by atoms with Gasteiger partial charge in [0.05, 0.1) is 11.3 Å². The Hall–Kier alpha value is -4.20. The Balaban J connectivity index is 1.64. The monoisotopic (exact) mass is 531 g/mol. The Morgan fingerprint density at radius 2 is 1.46 bits per heavy atom. The lowest BCUT2D eigenvalue weighted by Gasteiger charge is -2.28. The molecular weight excluding hydrogens is 497 g/mol. The summed E-state index contributed by atoms with van der Waals surface area (Å²) in [5, 5.41) is 18.2. The summed E-state index contributed by atoms with van der Waals surface area (Å²) in [4.78, 5) is 38.6. The summed E-state index contributed by atoms with van der Waals surface area (Å²) in [6, 6.07) is 13.1. The quantitative estimate of drug-likeness (QED) is 0.268. The third kappa shape index (κ3) is 6.82. The number of carboxylic acid groups (broad SMARTS) is 1. The van der Waals surface area contributed by atoms with Crippen molar-refractivity contribution < 1.29 is 23.9 Å². The number of anilines is 2. The van der Waals surface area contributed by atoms with E-state index in [1.54, 1.807) is 30.3 Å². The van der Waals surface area contributed by atoms with Crippen LogP contribution in [0, 0.1) is 32.5 Å². The van der Waals surface area contributed by atoms with Crippen LogP contribution in [0.5, 0.6) is 0 Å². The number of rotatable bonds is 7. The largest absolute Gasteiger partial charge is 0.480 e. The van der Waals surface area contributed by atoms with Crippen molar-refractivity contribution in [2.24, 2.45) is 5.92 Å². The highest BCUT2D eigenvalue weighted by molar-refractivity contribution is 6.08. The number of aryl methyl sites for hydroxylation is 3. The first-order valence-electron chi connectivity index (χ1n) is 13.2. The minimum Gasteiger partial charge on any atom is -0.480 e. The molecule has 1 atom stereocenters. The lowest BCUT2D eigenvalue weighted by Crippen LogP contribution is -2.46. The number of benzene rings is 3. The van der Waals surface area contributed by atoms with Gasteiger partial charge in [-0.15, -0.1) is 0 Å². The maximum atomic E-state index is 13.5. The fourth-order valence-electron chi connectivity index (χ4n) is 5.38. The van der Waals surface area contributed by atoms with Crippen molar-refractivity contribution in [2.75, 3.05) is 10.6 Å². The summed E-state index contributed by atoms with van der Waals surface area (Å²) in [6.45, 7) is 5.79. The molecule has 0 radical (unpaired) electrons. The van der Waals surface area contributed by atoms with Gasteiger partial charge in [-0.1, -0.05) is 55.2 Å². The number of carbonyl (C=O) groups excluding carboxylic acids is 2. The lowest BCUT2D eigenvalue weighted by molar-refractivity contribution is -0.141. The van der Waals surface area contributed by atoms with E-state index in [2.05, 4.69) is 16.0 Å². The first-order valence-corrected chi connectivity index (χ1v) is 13.2. The summed E-state index contributed by atoms with van der Waals surface area (Å²) < 4.78 is 13.5. The van der Waals surface area contributed by atoms with Crippen LogP contribution in [0.4, 0.5) is 20.6 Å². The van der Waals surface area contributed by atoms with Crippen LogP contribution in [0.2, 0.25) is 0 Å². The second-order valence-corrected chi connectivity index (χ2v) is 10.3. The van der Waals surface area contributed by atoms with Crippen LogP contribution in [0.15, 0.2) is 54.6 Å². The molecule has 0 spiro atoms. The van der Waals surface area contributed by atoms with Crippen molar-refractivity contribution in [1.82, 2.24) is 5.32 Å². The summed E-state index contributed by atoms with van der Waals surface area (Å²) in [7, 11) is 0. The van der Waals surface area contributed by atoms with Crippen molar-refractivity contribution in [2.45, 2.75) is 58.9 Å². The van der Waals surface area contributed by atoms with Crippen LogP contribution in [-0.2, 0) is 4.79 Å². The van der Waals surface area contributed by atoms with Gasteiger partial charge in [0.15, 0.2) is 0 Å². The zero-order chi connectivity index (χ0) is 28.1. The van der Waals surface area contributed by atoms with E-state index in [4.69, 9.17) is 0 Å². The average molecular weight is 532 g/mol. The van der Waals surface area contributed by atoms with Crippen LogP contribution in [0.25, 0.3) is 11.1 Å². The van der Waals surface area contributed by atoms with Crippen LogP contribution >= 0.6 is 0 Å². The molecule has 0 saturated heterocycles. The average Bonchev–Trinajstić information content (AvgIpc) is 2.90. The minimum absolute atomic E-state index is 0.135. The van der Waals surface area contributed by atoms with E-state index in [1.807, 2.05) is 32.9 Å². The molecule has 1 fully saturated rings. The van der Waals surface area contributed by atoms with Crippen molar-refractivity contribution in [1.29, 1.82) is 0 Å². The number of urea groups is 1. The molecule has 7 nitrogen and oxygen atoms in total. The molecule has 0 heterocycles. The van der Waals surface area contributed by atoms with Gasteiger partial charge in [0.2, 0.25) is 0 Å². The fourth-order valence-corrected chi connectivity index (χ4v) is 5.38. The highest BCUT2D eigenvalue weighted by Crippen LogP contribution is 2.30. The molecule has 4 rings (SSSR count). The third-order valence-electron chi connectivity index (χ3n) is 7.28. The van der Waals surface area contributed by atoms with Crippen LogP contribution in [0.1, 0.15) is 59.2 Å². The number of hydrogen-bond donors (Lipinski definition) is 4. The number of hydrogen-bond acceptors (Lipinski definition) is 3. The molecule has 1 aliphatic carbocycles. The second-order valence-electron chi connectivity index (χ2n) is 10.3. The molecule has 1 aliphatic rings. The summed E-state index contributed by atoms with van der Waals surface area (Å²) in [6.07, 6.45) is 4.40. The smallest absolute Gasteiger partial charge is 0.326 e. The van der Waals surface area contributed by atoms with Crippen LogP contribution in [0.3, 0.4) is 0 Å². The van der Waals surface area contributed by atoms with Gasteiger partial charge in [-0.2, -0.15) is 0 Å². The molecule has 3 aromatic rings. The molecule has 8 heteroatoms. The van der Waals surface area contributed by atoms with E-state index in [9.17, 15) is 23.9 Å². The van der Waals surface area contributed by atoms with Gasteiger partial charge in [0.25, 0.3) is 5.91 Å². The number of aliphatic carboxylic acids is 1. The molecule has 0 bridgehead atoms. The first kappa shape index (κ1) is 27.8. The molecule has 204 valence electrons. The van der Waals surface area contributed by atoms with Gasteiger partial charge in [0.1, 0.15) is 11.9 Å². The second kappa shape index (κ2) is 12.1. The minimum atomic E-state index is -1.07. The number of nitrogens with one attached hydrogen (secondary N) is 3. The van der Waals surface area contributed by atoms with E-state index in [0.717, 1.165) is 48.8 Å². The Bertz CT molecular complexity index is 1360. The SMILES string of the molecule is Cc1cc(C)c(NC(=O)Nc2cc(-c3ccc(F)cc3)ccc2C(=O)N[C@H](C(=O)O)C2CCCCC2)c(C)c1. The summed E-state index contributed by atoms with van der Waals surface area (Å²) in [5.41, 5.74) is 5.25.